The van der Waals surface area contributed by atoms with E-state index in [1.54, 1.807) is 34.8 Å². The number of aromatic nitrogens is 2. The first-order valence-corrected chi connectivity index (χ1v) is 41.1. The Bertz CT molecular complexity index is 3850. The smallest absolute Gasteiger partial charge is 0.307 e. The molecule has 3 aliphatic rings. The number of amides is 2. The Morgan fingerprint density at radius 1 is 0.356 bits per heavy atom. The highest BCUT2D eigenvalue weighted by Gasteiger charge is 2.25. The fourth-order valence-electron chi connectivity index (χ4n) is 15.0. The van der Waals surface area contributed by atoms with Crippen molar-refractivity contribution in [2.45, 2.75) is 193 Å². The average Bonchev–Trinajstić information content (AvgIpc) is 1.05. The van der Waals surface area contributed by atoms with Crippen molar-refractivity contribution in [3.05, 3.63) is 141 Å². The summed E-state index contributed by atoms with van der Waals surface area (Å²) in [6.07, 6.45) is 26.8. The molecule has 560 valence electrons. The molecule has 8 aromatic rings. The Balaban J connectivity index is 0.438. The minimum absolute atomic E-state index is 0.125. The van der Waals surface area contributed by atoms with Crippen molar-refractivity contribution in [2.24, 2.45) is 0 Å². The van der Waals surface area contributed by atoms with Crippen LogP contribution < -0.4 is 30.4 Å². The van der Waals surface area contributed by atoms with Gasteiger partial charge in [-0.05, 0) is 159 Å². The second-order valence-electron chi connectivity index (χ2n) is 28.8. The summed E-state index contributed by atoms with van der Waals surface area (Å²) in [7, 11) is 0. The molecule has 0 saturated carbocycles. The lowest BCUT2D eigenvalue weighted by molar-refractivity contribution is -0.148. The minimum atomic E-state index is -0.292. The number of unbranched alkanes of at least 4 members (excludes halogenated alkanes) is 20. The zero-order valence-electron chi connectivity index (χ0n) is 61.6. The number of thiophene rings is 2. The number of carbonyl (C=O) groups is 4. The van der Waals surface area contributed by atoms with Crippen molar-refractivity contribution in [3.63, 3.8) is 0 Å². The van der Waals surface area contributed by atoms with Crippen LogP contribution in [0.25, 0.3) is 42.0 Å². The Morgan fingerprint density at radius 2 is 0.712 bits per heavy atom. The van der Waals surface area contributed by atoms with E-state index in [1.165, 1.54) is 65.7 Å². The average molecular weight is 1460 g/mol. The number of hydrogen-bond donors (Lipinski definition) is 0. The molecule has 3 aliphatic heterocycles. The van der Waals surface area contributed by atoms with E-state index in [2.05, 4.69) is 78.9 Å². The third-order valence-electron chi connectivity index (χ3n) is 21.3. The summed E-state index contributed by atoms with van der Waals surface area (Å²) in [6, 6.07) is 35.9. The highest BCUT2D eigenvalue weighted by atomic mass is 32.1. The molecular weight excluding hydrogens is 1350 g/mol. The molecule has 3 saturated heterocycles. The largest absolute Gasteiger partial charge is 0.494 e. The molecule has 7 heterocycles. The molecule has 0 atom stereocenters. The zero-order valence-corrected chi connectivity index (χ0v) is 63.2. The van der Waals surface area contributed by atoms with E-state index >= 15 is 0 Å². The van der Waals surface area contributed by atoms with Crippen molar-refractivity contribution in [1.29, 1.82) is 0 Å². The lowest BCUT2D eigenvalue weighted by Crippen LogP contribution is -2.50. The molecule has 20 heteroatoms. The molecule has 2 amide bonds. The molecule has 4 aromatic carbocycles. The fourth-order valence-corrected chi connectivity index (χ4v) is 16.6. The molecule has 0 aliphatic carbocycles. The molecule has 0 spiro atoms. The Kier molecular flexibility index (Phi) is 31.1. The van der Waals surface area contributed by atoms with E-state index in [0.29, 0.717) is 87.6 Å². The molecule has 0 bridgehead atoms. The topological polar surface area (TPSA) is 169 Å². The predicted molar refractivity (Wildman–Crippen MR) is 423 cm³/mol. The van der Waals surface area contributed by atoms with Gasteiger partial charge in [-0.25, -0.2) is 0 Å². The first-order chi connectivity index (χ1) is 51.1. The number of pyridine rings is 2. The number of ether oxygens (including phenoxy) is 4. The standard InChI is InChI=1S/C84H112N8O10S2/c93-79(31-17-13-9-5-1-3-7-11-15-19-33-83(97)101-65-91-75-63-69(39-35-67(75)37-41-81(91)95)99-59-23-21-45-85-47-51-87(52-48-85)73-27-25-29-77-71(73)43-61-103-77)89-55-57-90(58-56-89)80(94)32-18-14-10-6-2-4-8-12-16-20-34-84(98)102-66-92-76-64-70(40-36-68(76)38-42-82(92)96)100-60-24-22-46-86-49-53-88(54-50-86)74-28-26-30-78-72(74)44-62-104-78/h25-30,35-44,61-64H,1-24,31-34,45-60,65-66H2. The number of esters is 2. The monoisotopic (exact) mass is 1460 g/mol. The first kappa shape index (κ1) is 77.3. The summed E-state index contributed by atoms with van der Waals surface area (Å²) in [6.45, 7) is 13.9. The normalized spacial score (nSPS) is 14.7. The van der Waals surface area contributed by atoms with Crippen molar-refractivity contribution in [3.8, 4) is 11.5 Å². The molecule has 4 aromatic heterocycles. The quantitative estimate of drug-likeness (QED) is 0.0261. The summed E-state index contributed by atoms with van der Waals surface area (Å²) in [5.41, 5.74) is 3.64. The predicted octanol–water partition coefficient (Wildman–Crippen LogP) is 16.4. The van der Waals surface area contributed by atoms with E-state index in [-0.39, 0.29) is 48.3 Å². The van der Waals surface area contributed by atoms with Crippen LogP contribution >= 0.6 is 22.7 Å². The zero-order chi connectivity index (χ0) is 71.9. The molecular formula is C84H112N8O10S2. The maximum atomic E-state index is 13.0. The number of nitrogens with zero attached hydrogens (tertiary/aromatic N) is 8. The van der Waals surface area contributed by atoms with Crippen LogP contribution in [0.15, 0.2) is 130 Å². The van der Waals surface area contributed by atoms with E-state index in [1.807, 2.05) is 46.2 Å². The summed E-state index contributed by atoms with van der Waals surface area (Å²) in [4.78, 5) is 91.5. The van der Waals surface area contributed by atoms with E-state index in [9.17, 15) is 28.8 Å². The van der Waals surface area contributed by atoms with Gasteiger partial charge < -0.3 is 38.5 Å². The van der Waals surface area contributed by atoms with Gasteiger partial charge in [0.25, 0.3) is 11.1 Å². The van der Waals surface area contributed by atoms with Crippen LogP contribution in [0.3, 0.4) is 0 Å². The number of hydrogen-bond acceptors (Lipinski definition) is 16. The lowest BCUT2D eigenvalue weighted by Gasteiger charge is -2.36. The van der Waals surface area contributed by atoms with E-state index < -0.39 is 0 Å². The van der Waals surface area contributed by atoms with Gasteiger partial charge in [0.2, 0.25) is 11.8 Å². The van der Waals surface area contributed by atoms with Gasteiger partial charge in [-0.2, -0.15) is 0 Å². The van der Waals surface area contributed by atoms with Gasteiger partial charge in [-0.15, -0.1) is 22.7 Å². The highest BCUT2D eigenvalue weighted by molar-refractivity contribution is 7.17. The maximum Gasteiger partial charge on any atom is 0.307 e. The van der Waals surface area contributed by atoms with Crippen LogP contribution in [-0.2, 0) is 42.1 Å². The number of rotatable bonds is 44. The molecule has 18 nitrogen and oxygen atoms in total. The molecule has 11 rings (SSSR count). The van der Waals surface area contributed by atoms with Gasteiger partial charge in [-0.1, -0.05) is 115 Å². The fraction of sp³-hybridized carbons (Fsp3) is 0.548. The molecule has 0 unspecified atom stereocenters. The molecule has 3 fully saturated rings. The number of carbonyl (C=O) groups excluding carboxylic acids is 4. The lowest BCUT2D eigenvalue weighted by atomic mass is 10.0. The van der Waals surface area contributed by atoms with Crippen LogP contribution in [0, 0.1) is 0 Å². The molecule has 0 N–H and O–H groups in total. The highest BCUT2D eigenvalue weighted by Crippen LogP contribution is 2.33. The molecule has 104 heavy (non-hydrogen) atoms. The third kappa shape index (κ3) is 23.6. The Labute approximate surface area is 623 Å². The van der Waals surface area contributed by atoms with Gasteiger partial charge in [0, 0.05) is 160 Å². The summed E-state index contributed by atoms with van der Waals surface area (Å²) in [5.74, 6) is 1.23. The second-order valence-corrected chi connectivity index (χ2v) is 30.6. The number of benzene rings is 4. The molecule has 0 radical (unpaired) electrons. The van der Waals surface area contributed by atoms with Crippen molar-refractivity contribution in [1.82, 2.24) is 28.7 Å². The van der Waals surface area contributed by atoms with Gasteiger partial charge >= 0.3 is 11.9 Å². The SMILES string of the molecule is O=C(CCCCCCCCCCCCC(=O)N1CCN(C(=O)CCCCCCCCCCCCC(=O)OCn2c(=O)ccc3ccc(OCCCCN4CCN(c5cccc6sccc56)CC4)cc32)CC1)OCn1c(=O)ccc2ccc(OCCCCN3CCN(c4cccc5sccc45)CC3)cc21. The van der Waals surface area contributed by atoms with Crippen LogP contribution in [-0.4, -0.2) is 157 Å². The van der Waals surface area contributed by atoms with Crippen LogP contribution in [0.5, 0.6) is 11.5 Å². The first-order valence-electron chi connectivity index (χ1n) is 39.4. The number of fused-ring (bicyclic) bond motifs is 4. The number of piperazine rings is 3. The summed E-state index contributed by atoms with van der Waals surface area (Å²) >= 11 is 3.60. The Morgan fingerprint density at radius 3 is 1.10 bits per heavy atom. The Hall–Kier alpha value is -7.78. The number of anilines is 2. The minimum Gasteiger partial charge on any atom is -0.494 e. The van der Waals surface area contributed by atoms with Gasteiger partial charge in [0.15, 0.2) is 13.5 Å². The van der Waals surface area contributed by atoms with E-state index in [4.69, 9.17) is 18.9 Å². The van der Waals surface area contributed by atoms with Gasteiger partial charge in [0.05, 0.1) is 24.2 Å². The second kappa shape index (κ2) is 41.8. The maximum absolute atomic E-state index is 13.0. The summed E-state index contributed by atoms with van der Waals surface area (Å²) < 4.78 is 29.3. The van der Waals surface area contributed by atoms with Crippen molar-refractivity contribution in [2.75, 3.05) is 115 Å². The summed E-state index contributed by atoms with van der Waals surface area (Å²) in [5, 5.41) is 8.84. The van der Waals surface area contributed by atoms with E-state index in [0.717, 1.165) is 217 Å². The van der Waals surface area contributed by atoms with Crippen LogP contribution in [0.1, 0.15) is 180 Å². The van der Waals surface area contributed by atoms with Gasteiger partial charge in [0.1, 0.15) is 11.5 Å². The van der Waals surface area contributed by atoms with Crippen molar-refractivity contribution < 1.29 is 38.1 Å². The van der Waals surface area contributed by atoms with Crippen LogP contribution in [0.4, 0.5) is 11.4 Å². The van der Waals surface area contributed by atoms with Crippen LogP contribution in [0.2, 0.25) is 0 Å². The van der Waals surface area contributed by atoms with Crippen molar-refractivity contribution >= 4 is 99.8 Å². The van der Waals surface area contributed by atoms with Gasteiger partial charge in [-0.3, -0.25) is 47.7 Å². The third-order valence-corrected chi connectivity index (χ3v) is 23.1.